The molecule has 1 aromatic heterocycles. The summed E-state index contributed by atoms with van der Waals surface area (Å²) >= 11 is 1.94. The van der Waals surface area contributed by atoms with Gasteiger partial charge in [-0.25, -0.2) is 9.97 Å². The fourth-order valence-corrected chi connectivity index (χ4v) is 3.17. The standard InChI is InChI=1S/C13H22N4OS/c1-4-14-11-10(18-2)12(17-9-16-11)15-8-13(19-3)6-5-7-13/h9H,4-8H2,1-3H3,(H2,14,15,16,17). The Morgan fingerprint density at radius 1 is 1.32 bits per heavy atom. The van der Waals surface area contributed by atoms with E-state index in [9.17, 15) is 0 Å². The number of nitrogens with one attached hydrogen (secondary N) is 2. The second kappa shape index (κ2) is 6.32. The van der Waals surface area contributed by atoms with E-state index in [0.29, 0.717) is 10.5 Å². The summed E-state index contributed by atoms with van der Waals surface area (Å²) < 4.78 is 5.79. The van der Waals surface area contributed by atoms with Gasteiger partial charge in [-0.1, -0.05) is 6.42 Å². The molecule has 5 nitrogen and oxygen atoms in total. The van der Waals surface area contributed by atoms with E-state index in [-0.39, 0.29) is 0 Å². The lowest BCUT2D eigenvalue weighted by atomic mass is 9.84. The van der Waals surface area contributed by atoms with Crippen LogP contribution in [0.2, 0.25) is 0 Å². The lowest BCUT2D eigenvalue weighted by molar-refractivity contribution is 0.377. The number of aromatic nitrogens is 2. The molecule has 19 heavy (non-hydrogen) atoms. The molecule has 6 heteroatoms. The fourth-order valence-electron chi connectivity index (χ4n) is 2.26. The van der Waals surface area contributed by atoms with Crippen LogP contribution in [0.4, 0.5) is 11.6 Å². The van der Waals surface area contributed by atoms with Crippen LogP contribution in [0.1, 0.15) is 26.2 Å². The first-order valence-corrected chi connectivity index (χ1v) is 7.89. The van der Waals surface area contributed by atoms with E-state index in [2.05, 4.69) is 26.9 Å². The van der Waals surface area contributed by atoms with Gasteiger partial charge in [0, 0.05) is 17.8 Å². The van der Waals surface area contributed by atoms with Crippen LogP contribution in [0.3, 0.4) is 0 Å². The Kier molecular flexibility index (Phi) is 4.74. The van der Waals surface area contributed by atoms with Crippen molar-refractivity contribution in [1.82, 2.24) is 9.97 Å². The highest BCUT2D eigenvalue weighted by Gasteiger charge is 2.36. The molecule has 0 spiro atoms. The van der Waals surface area contributed by atoms with E-state index in [0.717, 1.165) is 24.7 Å². The van der Waals surface area contributed by atoms with Gasteiger partial charge >= 0.3 is 0 Å². The summed E-state index contributed by atoms with van der Waals surface area (Å²) in [6.45, 7) is 3.76. The number of ether oxygens (including phenoxy) is 1. The van der Waals surface area contributed by atoms with Crippen LogP contribution in [0, 0.1) is 0 Å². The van der Waals surface area contributed by atoms with Crippen molar-refractivity contribution in [2.75, 3.05) is 37.1 Å². The first kappa shape index (κ1) is 14.2. The molecule has 0 aliphatic heterocycles. The van der Waals surface area contributed by atoms with Crippen LogP contribution in [-0.4, -0.2) is 41.2 Å². The third kappa shape index (κ3) is 3.05. The number of anilines is 2. The Balaban J connectivity index is 2.08. The number of hydrogen-bond acceptors (Lipinski definition) is 6. The highest BCUT2D eigenvalue weighted by Crippen LogP contribution is 2.43. The van der Waals surface area contributed by atoms with E-state index in [1.807, 2.05) is 18.7 Å². The van der Waals surface area contributed by atoms with Crippen LogP contribution in [0.25, 0.3) is 0 Å². The van der Waals surface area contributed by atoms with Crippen molar-refractivity contribution < 1.29 is 4.74 Å². The minimum Gasteiger partial charge on any atom is -0.490 e. The maximum atomic E-state index is 5.42. The lowest BCUT2D eigenvalue weighted by Crippen LogP contribution is -2.40. The minimum atomic E-state index is 0.369. The third-order valence-electron chi connectivity index (χ3n) is 3.63. The molecule has 0 atom stereocenters. The van der Waals surface area contributed by atoms with Crippen molar-refractivity contribution in [2.45, 2.75) is 30.9 Å². The molecule has 0 saturated heterocycles. The predicted molar refractivity (Wildman–Crippen MR) is 81.3 cm³/mol. The molecule has 106 valence electrons. The van der Waals surface area contributed by atoms with Gasteiger partial charge in [0.05, 0.1) is 7.11 Å². The van der Waals surface area contributed by atoms with E-state index < -0.39 is 0 Å². The molecule has 0 radical (unpaired) electrons. The zero-order valence-electron chi connectivity index (χ0n) is 11.8. The van der Waals surface area contributed by atoms with Gasteiger partial charge in [-0.2, -0.15) is 11.8 Å². The second-order valence-electron chi connectivity index (χ2n) is 4.73. The summed E-state index contributed by atoms with van der Waals surface area (Å²) in [6, 6.07) is 0. The second-order valence-corrected chi connectivity index (χ2v) is 6.00. The molecule has 0 bridgehead atoms. The van der Waals surface area contributed by atoms with Gasteiger partial charge in [-0.15, -0.1) is 0 Å². The monoisotopic (exact) mass is 282 g/mol. The van der Waals surface area contributed by atoms with Crippen molar-refractivity contribution >= 4 is 23.4 Å². The Labute approximate surface area is 118 Å². The first-order valence-electron chi connectivity index (χ1n) is 6.66. The molecular weight excluding hydrogens is 260 g/mol. The van der Waals surface area contributed by atoms with Crippen molar-refractivity contribution in [3.8, 4) is 5.75 Å². The van der Waals surface area contributed by atoms with Gasteiger partial charge in [-0.3, -0.25) is 0 Å². The minimum absolute atomic E-state index is 0.369. The molecule has 1 aromatic rings. The molecule has 1 aliphatic rings. The molecule has 2 N–H and O–H groups in total. The molecule has 0 amide bonds. The number of nitrogens with zero attached hydrogens (tertiary/aromatic N) is 2. The molecule has 1 saturated carbocycles. The van der Waals surface area contributed by atoms with Crippen molar-refractivity contribution in [1.29, 1.82) is 0 Å². The number of thioether (sulfide) groups is 1. The van der Waals surface area contributed by atoms with Gasteiger partial charge in [0.1, 0.15) is 6.33 Å². The maximum Gasteiger partial charge on any atom is 0.204 e. The largest absolute Gasteiger partial charge is 0.490 e. The maximum absolute atomic E-state index is 5.42. The van der Waals surface area contributed by atoms with Crippen LogP contribution < -0.4 is 15.4 Å². The van der Waals surface area contributed by atoms with Crippen LogP contribution in [-0.2, 0) is 0 Å². The summed E-state index contributed by atoms with van der Waals surface area (Å²) in [5.74, 6) is 2.21. The SMILES string of the molecule is CCNc1ncnc(NCC2(SC)CCC2)c1OC. The number of hydrogen-bond donors (Lipinski definition) is 2. The average Bonchev–Trinajstić information content (AvgIpc) is 2.38. The van der Waals surface area contributed by atoms with Gasteiger partial charge in [0.25, 0.3) is 0 Å². The predicted octanol–water partition coefficient (Wildman–Crippen LogP) is 2.61. The van der Waals surface area contributed by atoms with E-state index in [4.69, 9.17) is 4.74 Å². The smallest absolute Gasteiger partial charge is 0.204 e. The molecule has 1 fully saturated rings. The van der Waals surface area contributed by atoms with Gasteiger partial charge in [-0.05, 0) is 26.0 Å². The van der Waals surface area contributed by atoms with Crippen molar-refractivity contribution in [3.05, 3.63) is 6.33 Å². The number of methoxy groups -OCH3 is 1. The van der Waals surface area contributed by atoms with Crippen molar-refractivity contribution in [3.63, 3.8) is 0 Å². The summed E-state index contributed by atoms with van der Waals surface area (Å²) in [7, 11) is 1.65. The molecule has 1 heterocycles. The molecule has 0 unspecified atom stereocenters. The Bertz CT molecular complexity index is 418. The van der Waals surface area contributed by atoms with Gasteiger partial charge in [0.2, 0.25) is 5.75 Å². The van der Waals surface area contributed by atoms with E-state index >= 15 is 0 Å². The number of rotatable bonds is 7. The van der Waals surface area contributed by atoms with Crippen LogP contribution in [0.5, 0.6) is 5.75 Å². The molecular formula is C13H22N4OS. The third-order valence-corrected chi connectivity index (χ3v) is 5.05. The summed E-state index contributed by atoms with van der Waals surface area (Å²) in [6.07, 6.45) is 7.62. The quantitative estimate of drug-likeness (QED) is 0.801. The van der Waals surface area contributed by atoms with Gasteiger partial charge < -0.3 is 15.4 Å². The van der Waals surface area contributed by atoms with Crippen molar-refractivity contribution in [2.24, 2.45) is 0 Å². The van der Waals surface area contributed by atoms with Gasteiger partial charge in [0.15, 0.2) is 11.6 Å². The normalized spacial score (nSPS) is 16.6. The van der Waals surface area contributed by atoms with Crippen LogP contribution in [0.15, 0.2) is 6.33 Å². The molecule has 0 aromatic carbocycles. The van der Waals surface area contributed by atoms with Crippen LogP contribution >= 0.6 is 11.8 Å². The van der Waals surface area contributed by atoms with E-state index in [1.54, 1.807) is 13.4 Å². The topological polar surface area (TPSA) is 59.1 Å². The zero-order valence-corrected chi connectivity index (χ0v) is 12.6. The fraction of sp³-hybridized carbons (Fsp3) is 0.692. The molecule has 1 aliphatic carbocycles. The van der Waals surface area contributed by atoms with E-state index in [1.165, 1.54) is 19.3 Å². The average molecular weight is 282 g/mol. The highest BCUT2D eigenvalue weighted by atomic mass is 32.2. The summed E-state index contributed by atoms with van der Waals surface area (Å²) in [5, 5.41) is 6.60. The highest BCUT2D eigenvalue weighted by molar-refractivity contribution is 8.00. The Morgan fingerprint density at radius 3 is 2.47 bits per heavy atom. The Hall–Kier alpha value is -1.17. The molecule has 2 rings (SSSR count). The summed E-state index contributed by atoms with van der Waals surface area (Å²) in [4.78, 5) is 8.50. The zero-order chi connectivity index (χ0) is 13.7. The Morgan fingerprint density at radius 2 is 2.00 bits per heavy atom. The lowest BCUT2D eigenvalue weighted by Gasteiger charge is -2.40. The first-order chi connectivity index (χ1) is 9.24. The summed E-state index contributed by atoms with van der Waals surface area (Å²) in [5.41, 5.74) is 0.